The van der Waals surface area contributed by atoms with Crippen molar-refractivity contribution in [1.82, 2.24) is 0 Å². The minimum absolute atomic E-state index is 0.112. The molecule has 1 N–H and O–H groups in total. The first-order valence-corrected chi connectivity index (χ1v) is 6.36. The number of amidine groups is 1. The van der Waals surface area contributed by atoms with Crippen LogP contribution in [0, 0.1) is 11.6 Å². The Morgan fingerprint density at radius 1 is 1.44 bits per heavy atom. The van der Waals surface area contributed by atoms with Crippen LogP contribution >= 0.6 is 27.7 Å². The topological polar surface area (TPSA) is 24.4 Å². The maximum absolute atomic E-state index is 13.5. The zero-order chi connectivity index (χ0) is 11.7. The van der Waals surface area contributed by atoms with E-state index >= 15 is 0 Å². The van der Waals surface area contributed by atoms with Gasteiger partial charge in [0.05, 0.1) is 16.7 Å². The van der Waals surface area contributed by atoms with Crippen molar-refractivity contribution in [3.8, 4) is 0 Å². The minimum atomic E-state index is -0.504. The highest BCUT2D eigenvalue weighted by atomic mass is 79.9. The quantitative estimate of drug-likeness (QED) is 0.801. The molecule has 0 saturated carbocycles. The Kier molecular flexibility index (Phi) is 3.49. The SMILES string of the molecule is CC1CN=C(Nc2cc(F)c(Br)cc2F)S1. The predicted molar refractivity (Wildman–Crippen MR) is 67.0 cm³/mol. The standard InChI is InChI=1S/C10H9BrF2N2S/c1-5-4-14-10(16-5)15-9-3-7(12)6(11)2-8(9)13/h2-3,5H,4H2,1H3,(H,14,15). The van der Waals surface area contributed by atoms with Gasteiger partial charge in [-0.25, -0.2) is 8.78 Å². The number of aliphatic imine (C=N–C) groups is 1. The summed E-state index contributed by atoms with van der Waals surface area (Å²) in [5.74, 6) is -1.00. The lowest BCUT2D eigenvalue weighted by Gasteiger charge is -2.08. The van der Waals surface area contributed by atoms with E-state index in [1.165, 1.54) is 11.8 Å². The van der Waals surface area contributed by atoms with E-state index in [9.17, 15) is 8.78 Å². The van der Waals surface area contributed by atoms with Crippen LogP contribution in [0.5, 0.6) is 0 Å². The molecule has 2 rings (SSSR count). The molecule has 1 aromatic rings. The molecular formula is C10H9BrF2N2S. The molecule has 0 saturated heterocycles. The van der Waals surface area contributed by atoms with E-state index in [1.807, 2.05) is 6.92 Å². The minimum Gasteiger partial charge on any atom is -0.332 e. The van der Waals surface area contributed by atoms with E-state index < -0.39 is 11.6 Å². The van der Waals surface area contributed by atoms with Gasteiger partial charge in [0.2, 0.25) is 0 Å². The number of hydrogen-bond acceptors (Lipinski definition) is 3. The zero-order valence-electron chi connectivity index (χ0n) is 8.43. The van der Waals surface area contributed by atoms with E-state index in [0.717, 1.165) is 12.1 Å². The Morgan fingerprint density at radius 2 is 2.19 bits per heavy atom. The number of halogens is 3. The molecule has 0 aromatic heterocycles. The van der Waals surface area contributed by atoms with Crippen molar-refractivity contribution in [2.75, 3.05) is 11.9 Å². The number of benzene rings is 1. The van der Waals surface area contributed by atoms with Gasteiger partial charge >= 0.3 is 0 Å². The van der Waals surface area contributed by atoms with Gasteiger partial charge in [-0.05, 0) is 22.0 Å². The van der Waals surface area contributed by atoms with Gasteiger partial charge in [-0.1, -0.05) is 18.7 Å². The molecule has 1 aliphatic heterocycles. The number of thioether (sulfide) groups is 1. The summed E-state index contributed by atoms with van der Waals surface area (Å²) < 4.78 is 26.8. The monoisotopic (exact) mass is 306 g/mol. The zero-order valence-corrected chi connectivity index (χ0v) is 10.8. The number of rotatable bonds is 1. The van der Waals surface area contributed by atoms with Crippen LogP contribution in [0.4, 0.5) is 14.5 Å². The first kappa shape index (κ1) is 11.9. The molecule has 1 atom stereocenters. The van der Waals surface area contributed by atoms with E-state index in [2.05, 4.69) is 26.2 Å². The fraction of sp³-hybridized carbons (Fsp3) is 0.300. The van der Waals surface area contributed by atoms with Crippen molar-refractivity contribution >= 4 is 38.5 Å². The van der Waals surface area contributed by atoms with Crippen LogP contribution < -0.4 is 5.32 Å². The summed E-state index contributed by atoms with van der Waals surface area (Å²) in [6.07, 6.45) is 0. The summed E-state index contributed by atoms with van der Waals surface area (Å²) >= 11 is 4.44. The van der Waals surface area contributed by atoms with Crippen molar-refractivity contribution in [3.63, 3.8) is 0 Å². The van der Waals surface area contributed by atoms with Crippen LogP contribution in [0.3, 0.4) is 0 Å². The number of nitrogens with zero attached hydrogens (tertiary/aromatic N) is 1. The number of hydrogen-bond donors (Lipinski definition) is 1. The molecule has 0 radical (unpaired) electrons. The average Bonchev–Trinajstić information content (AvgIpc) is 2.60. The summed E-state index contributed by atoms with van der Waals surface area (Å²) in [6, 6.07) is 2.22. The largest absolute Gasteiger partial charge is 0.332 e. The maximum atomic E-state index is 13.5. The Bertz CT molecular complexity index is 451. The third-order valence-electron chi connectivity index (χ3n) is 2.06. The highest BCUT2D eigenvalue weighted by Crippen LogP contribution is 2.26. The second-order valence-electron chi connectivity index (χ2n) is 3.45. The lowest BCUT2D eigenvalue weighted by molar-refractivity contribution is 0.598. The van der Waals surface area contributed by atoms with Gasteiger partial charge in [0.1, 0.15) is 11.6 Å². The van der Waals surface area contributed by atoms with E-state index in [4.69, 9.17) is 0 Å². The molecule has 1 heterocycles. The summed E-state index contributed by atoms with van der Waals surface area (Å²) in [6.45, 7) is 2.73. The smallest absolute Gasteiger partial charge is 0.161 e. The Labute approximate surface area is 105 Å². The third-order valence-corrected chi connectivity index (χ3v) is 3.67. The fourth-order valence-corrected chi connectivity index (χ4v) is 2.44. The van der Waals surface area contributed by atoms with Crippen molar-refractivity contribution in [2.45, 2.75) is 12.2 Å². The van der Waals surface area contributed by atoms with Crippen LogP contribution in [-0.4, -0.2) is 17.0 Å². The van der Waals surface area contributed by atoms with Gasteiger partial charge in [0.25, 0.3) is 0 Å². The summed E-state index contributed by atoms with van der Waals surface area (Å²) in [5.41, 5.74) is 0.112. The lowest BCUT2D eigenvalue weighted by atomic mass is 10.3. The number of anilines is 1. The molecule has 0 fully saturated rings. The highest BCUT2D eigenvalue weighted by Gasteiger charge is 2.17. The summed E-state index contributed by atoms with van der Waals surface area (Å²) in [4.78, 5) is 4.17. The van der Waals surface area contributed by atoms with Crippen LogP contribution in [0.25, 0.3) is 0 Å². The van der Waals surface area contributed by atoms with Gasteiger partial charge in [0, 0.05) is 11.3 Å². The first-order chi connectivity index (χ1) is 7.56. The molecule has 0 spiro atoms. The van der Waals surface area contributed by atoms with Crippen LogP contribution in [-0.2, 0) is 0 Å². The Hall–Kier alpha value is -0.620. The predicted octanol–water partition coefficient (Wildman–Crippen LogP) is 3.63. The van der Waals surface area contributed by atoms with Crippen molar-refractivity contribution < 1.29 is 8.78 Å². The van der Waals surface area contributed by atoms with Crippen LogP contribution in [0.2, 0.25) is 0 Å². The highest BCUT2D eigenvalue weighted by molar-refractivity contribution is 9.10. The molecule has 0 amide bonds. The van der Waals surface area contributed by atoms with Gasteiger partial charge < -0.3 is 5.32 Å². The van der Waals surface area contributed by atoms with Gasteiger partial charge in [-0.3, -0.25) is 4.99 Å². The van der Waals surface area contributed by atoms with Crippen molar-refractivity contribution in [3.05, 3.63) is 28.2 Å². The maximum Gasteiger partial charge on any atom is 0.161 e. The molecule has 1 unspecified atom stereocenters. The average molecular weight is 307 g/mol. The number of nitrogens with one attached hydrogen (secondary N) is 1. The second kappa shape index (κ2) is 4.71. The van der Waals surface area contributed by atoms with E-state index in [1.54, 1.807) is 0 Å². The van der Waals surface area contributed by atoms with Crippen molar-refractivity contribution in [1.29, 1.82) is 0 Å². The molecule has 6 heteroatoms. The Morgan fingerprint density at radius 3 is 2.81 bits per heavy atom. The molecule has 0 bridgehead atoms. The second-order valence-corrected chi connectivity index (χ2v) is 5.73. The third kappa shape index (κ3) is 2.55. The first-order valence-electron chi connectivity index (χ1n) is 4.69. The molecule has 0 aliphatic carbocycles. The van der Waals surface area contributed by atoms with Gasteiger partial charge in [0.15, 0.2) is 5.17 Å². The van der Waals surface area contributed by atoms with E-state index in [-0.39, 0.29) is 10.2 Å². The van der Waals surface area contributed by atoms with Crippen molar-refractivity contribution in [2.24, 2.45) is 4.99 Å². The van der Waals surface area contributed by atoms with Crippen LogP contribution in [0.1, 0.15) is 6.92 Å². The molecule has 1 aliphatic rings. The summed E-state index contributed by atoms with van der Waals surface area (Å²) in [7, 11) is 0. The lowest BCUT2D eigenvalue weighted by Crippen LogP contribution is -2.08. The van der Waals surface area contributed by atoms with E-state index in [0.29, 0.717) is 17.0 Å². The van der Waals surface area contributed by atoms with Gasteiger partial charge in [-0.15, -0.1) is 0 Å². The molecular weight excluding hydrogens is 298 g/mol. The fourth-order valence-electron chi connectivity index (χ4n) is 1.28. The molecule has 86 valence electrons. The molecule has 1 aromatic carbocycles. The van der Waals surface area contributed by atoms with Gasteiger partial charge in [-0.2, -0.15) is 0 Å². The van der Waals surface area contributed by atoms with Crippen LogP contribution in [0.15, 0.2) is 21.6 Å². The normalized spacial score (nSPS) is 19.8. The molecule has 2 nitrogen and oxygen atoms in total. The molecule has 16 heavy (non-hydrogen) atoms. The summed E-state index contributed by atoms with van der Waals surface area (Å²) in [5, 5.41) is 3.80. The Balaban J connectivity index is 2.19.